The van der Waals surface area contributed by atoms with E-state index in [4.69, 9.17) is 15.0 Å². The minimum atomic E-state index is 0.574. The Balaban J connectivity index is 1.18. The first-order chi connectivity index (χ1) is 27.7. The molecule has 8 aromatic carbocycles. The van der Waals surface area contributed by atoms with Gasteiger partial charge in [-0.05, 0) is 68.3 Å². The molecule has 0 amide bonds. The smallest absolute Gasteiger partial charge is 0.164 e. The van der Waals surface area contributed by atoms with Gasteiger partial charge in [0.05, 0.1) is 11.6 Å². The molecule has 0 bridgehead atoms. The van der Waals surface area contributed by atoms with Gasteiger partial charge in [-0.2, -0.15) is 5.26 Å². The van der Waals surface area contributed by atoms with Gasteiger partial charge in [0.25, 0.3) is 0 Å². The van der Waals surface area contributed by atoms with Crippen LogP contribution in [0, 0.1) is 11.3 Å². The van der Waals surface area contributed by atoms with Gasteiger partial charge in [0.2, 0.25) is 0 Å². The Morgan fingerprint density at radius 1 is 0.286 bits per heavy atom. The van der Waals surface area contributed by atoms with Gasteiger partial charge in [-0.3, -0.25) is 0 Å². The lowest BCUT2D eigenvalue weighted by Gasteiger charge is -2.16. The third-order valence-corrected chi connectivity index (χ3v) is 10.0. The highest BCUT2D eigenvalue weighted by Gasteiger charge is 2.19. The molecule has 0 aliphatic rings. The Labute approximate surface area is 326 Å². The zero-order valence-corrected chi connectivity index (χ0v) is 30.4. The van der Waals surface area contributed by atoms with Crippen LogP contribution in [-0.4, -0.2) is 15.0 Å². The number of aromatic nitrogens is 3. The molecule has 4 heteroatoms. The number of hydrogen-bond donors (Lipinski definition) is 0. The molecule has 1 heterocycles. The van der Waals surface area contributed by atoms with E-state index in [-0.39, 0.29) is 0 Å². The van der Waals surface area contributed by atoms with E-state index in [2.05, 4.69) is 158 Å². The number of nitriles is 1. The summed E-state index contributed by atoms with van der Waals surface area (Å²) >= 11 is 0. The maximum Gasteiger partial charge on any atom is 0.164 e. The van der Waals surface area contributed by atoms with E-state index in [9.17, 15) is 5.26 Å². The molecular weight excluding hydrogens is 681 g/mol. The molecule has 0 aliphatic carbocycles. The third-order valence-electron chi connectivity index (χ3n) is 10.0. The summed E-state index contributed by atoms with van der Waals surface area (Å²) in [6, 6.07) is 72.9. The highest BCUT2D eigenvalue weighted by molar-refractivity contribution is 5.93. The molecule has 262 valence electrons. The van der Waals surface area contributed by atoms with Crippen LogP contribution in [0.25, 0.3) is 89.8 Å². The van der Waals surface area contributed by atoms with Crippen LogP contribution in [-0.2, 0) is 0 Å². The van der Waals surface area contributed by atoms with Crippen LogP contribution >= 0.6 is 0 Å². The molecule has 56 heavy (non-hydrogen) atoms. The molecule has 0 radical (unpaired) electrons. The molecule has 9 aromatic rings. The second-order valence-electron chi connectivity index (χ2n) is 13.6. The van der Waals surface area contributed by atoms with Crippen molar-refractivity contribution in [2.75, 3.05) is 0 Å². The third kappa shape index (κ3) is 7.01. The standard InChI is InChI=1S/C52H34N4/c53-35-36-22-24-41(25-23-36)45-18-10-19-46(34-45)51-54-50(44-32-30-40(31-33-44)39-28-26-38(27-29-39)37-12-4-1-5-13-37)55-52(56-51)48-21-11-20-47(42-14-6-2-7-15-42)49(48)43-16-8-3-9-17-43/h1-34H. The lowest BCUT2D eigenvalue weighted by molar-refractivity contribution is 1.07. The minimum absolute atomic E-state index is 0.574. The quantitative estimate of drug-likeness (QED) is 0.157. The predicted octanol–water partition coefficient (Wildman–Crippen LogP) is 13.1. The Bertz CT molecular complexity index is 2810. The maximum atomic E-state index is 9.36. The minimum Gasteiger partial charge on any atom is -0.208 e. The lowest BCUT2D eigenvalue weighted by atomic mass is 9.90. The fourth-order valence-electron chi connectivity index (χ4n) is 7.14. The molecule has 0 spiro atoms. The number of rotatable bonds is 8. The predicted molar refractivity (Wildman–Crippen MR) is 228 cm³/mol. The van der Waals surface area contributed by atoms with Gasteiger partial charge in [-0.25, -0.2) is 15.0 Å². The van der Waals surface area contributed by atoms with Crippen LogP contribution in [0.2, 0.25) is 0 Å². The van der Waals surface area contributed by atoms with Crippen molar-refractivity contribution < 1.29 is 0 Å². The van der Waals surface area contributed by atoms with E-state index in [0.717, 1.165) is 61.2 Å². The normalized spacial score (nSPS) is 10.8. The highest BCUT2D eigenvalue weighted by atomic mass is 15.0. The van der Waals surface area contributed by atoms with E-state index in [0.29, 0.717) is 23.0 Å². The molecule has 0 aliphatic heterocycles. The van der Waals surface area contributed by atoms with Crippen LogP contribution in [0.1, 0.15) is 5.56 Å². The molecule has 9 rings (SSSR count). The molecule has 1 aromatic heterocycles. The summed E-state index contributed by atoms with van der Waals surface area (Å²) in [4.78, 5) is 15.6. The summed E-state index contributed by atoms with van der Waals surface area (Å²) in [7, 11) is 0. The zero-order valence-electron chi connectivity index (χ0n) is 30.4. The Kier molecular flexibility index (Phi) is 9.31. The second kappa shape index (κ2) is 15.3. The molecule has 0 atom stereocenters. The molecule has 0 unspecified atom stereocenters. The van der Waals surface area contributed by atoms with Gasteiger partial charge < -0.3 is 0 Å². The maximum absolute atomic E-state index is 9.36. The first-order valence-corrected chi connectivity index (χ1v) is 18.6. The Morgan fingerprint density at radius 2 is 0.679 bits per heavy atom. The monoisotopic (exact) mass is 714 g/mol. The molecular formula is C52H34N4. The zero-order chi connectivity index (χ0) is 37.7. The van der Waals surface area contributed by atoms with E-state index >= 15 is 0 Å². The first-order valence-electron chi connectivity index (χ1n) is 18.6. The topological polar surface area (TPSA) is 62.5 Å². The van der Waals surface area contributed by atoms with Crippen molar-refractivity contribution in [3.63, 3.8) is 0 Å². The molecule has 0 saturated heterocycles. The van der Waals surface area contributed by atoms with Crippen molar-refractivity contribution in [2.45, 2.75) is 0 Å². The largest absolute Gasteiger partial charge is 0.208 e. The van der Waals surface area contributed by atoms with Crippen LogP contribution in [0.3, 0.4) is 0 Å². The van der Waals surface area contributed by atoms with Crippen LogP contribution in [0.15, 0.2) is 206 Å². The summed E-state index contributed by atoms with van der Waals surface area (Å²) in [5, 5.41) is 9.36. The SMILES string of the molecule is N#Cc1ccc(-c2cccc(-c3nc(-c4ccc(-c5ccc(-c6ccccc6)cc5)cc4)nc(-c4cccc(-c5ccccc5)c4-c4ccccc4)n3)c2)cc1. The van der Waals surface area contributed by atoms with Crippen molar-refractivity contribution >= 4 is 0 Å². The molecule has 4 nitrogen and oxygen atoms in total. The highest BCUT2D eigenvalue weighted by Crippen LogP contribution is 2.40. The van der Waals surface area contributed by atoms with Crippen molar-refractivity contribution in [1.29, 1.82) is 5.26 Å². The summed E-state index contributed by atoms with van der Waals surface area (Å²) in [6.45, 7) is 0. The second-order valence-corrected chi connectivity index (χ2v) is 13.6. The summed E-state index contributed by atoms with van der Waals surface area (Å²) < 4.78 is 0. The Hall–Kier alpha value is -7.74. The van der Waals surface area contributed by atoms with Gasteiger partial charge in [0.15, 0.2) is 17.5 Å². The van der Waals surface area contributed by atoms with Crippen LogP contribution in [0.5, 0.6) is 0 Å². The number of nitrogens with zero attached hydrogens (tertiary/aromatic N) is 4. The first kappa shape index (κ1) is 34.1. The average molecular weight is 715 g/mol. The van der Waals surface area contributed by atoms with Crippen LogP contribution < -0.4 is 0 Å². The molecule has 0 N–H and O–H groups in total. The fraction of sp³-hybridized carbons (Fsp3) is 0. The van der Waals surface area contributed by atoms with E-state index in [1.165, 1.54) is 11.1 Å². The van der Waals surface area contributed by atoms with Crippen molar-refractivity contribution in [2.24, 2.45) is 0 Å². The van der Waals surface area contributed by atoms with Crippen molar-refractivity contribution in [3.8, 4) is 95.9 Å². The lowest BCUT2D eigenvalue weighted by Crippen LogP contribution is -2.02. The van der Waals surface area contributed by atoms with Crippen LogP contribution in [0.4, 0.5) is 0 Å². The van der Waals surface area contributed by atoms with Gasteiger partial charge in [-0.15, -0.1) is 0 Å². The van der Waals surface area contributed by atoms with Gasteiger partial charge in [0.1, 0.15) is 0 Å². The Morgan fingerprint density at radius 3 is 1.27 bits per heavy atom. The summed E-state index contributed by atoms with van der Waals surface area (Å²) in [5.41, 5.74) is 14.3. The van der Waals surface area contributed by atoms with E-state index in [1.54, 1.807) is 0 Å². The van der Waals surface area contributed by atoms with Crippen molar-refractivity contribution in [3.05, 3.63) is 212 Å². The number of benzene rings is 8. The average Bonchev–Trinajstić information content (AvgIpc) is 3.29. The van der Waals surface area contributed by atoms with Crippen molar-refractivity contribution in [1.82, 2.24) is 15.0 Å². The summed E-state index contributed by atoms with van der Waals surface area (Å²) in [6.07, 6.45) is 0. The molecule has 0 saturated carbocycles. The van der Waals surface area contributed by atoms with Gasteiger partial charge >= 0.3 is 0 Å². The van der Waals surface area contributed by atoms with E-state index in [1.807, 2.05) is 54.6 Å². The van der Waals surface area contributed by atoms with E-state index < -0.39 is 0 Å². The molecule has 0 fully saturated rings. The van der Waals surface area contributed by atoms with Gasteiger partial charge in [-0.1, -0.05) is 188 Å². The number of hydrogen-bond acceptors (Lipinski definition) is 4. The van der Waals surface area contributed by atoms with Gasteiger partial charge in [0, 0.05) is 22.3 Å². The fourth-order valence-corrected chi connectivity index (χ4v) is 7.14. The summed E-state index contributed by atoms with van der Waals surface area (Å²) in [5.74, 6) is 1.75.